The first-order valence-electron chi connectivity index (χ1n) is 44.5. The van der Waals surface area contributed by atoms with Gasteiger partial charge in [-0.15, -0.1) is 0 Å². The van der Waals surface area contributed by atoms with Crippen molar-refractivity contribution in [1.82, 2.24) is 0 Å². The van der Waals surface area contributed by atoms with E-state index in [0.717, 1.165) is 32.1 Å². The number of carbonyl (C=O) groups is 8. The third-order valence-electron chi connectivity index (χ3n) is 29.0. The van der Waals surface area contributed by atoms with Crippen LogP contribution in [0.1, 0.15) is 222 Å². The molecule has 22 nitrogen and oxygen atoms in total. The van der Waals surface area contributed by atoms with E-state index in [9.17, 15) is 38.4 Å². The lowest BCUT2D eigenvalue weighted by atomic mass is 9.44. The number of benzene rings is 6. The highest BCUT2D eigenvalue weighted by atomic mass is 16.8. The van der Waals surface area contributed by atoms with Crippen LogP contribution >= 0.6 is 0 Å². The lowest BCUT2D eigenvalue weighted by molar-refractivity contribution is -0.377. The summed E-state index contributed by atoms with van der Waals surface area (Å²) in [6.07, 6.45) is -7.40. The minimum absolute atomic E-state index is 0.0399. The molecule has 4 saturated heterocycles. The Balaban J connectivity index is 0.692. The number of carbonyl (C=O) groups excluding carboxylic acids is 8. The van der Waals surface area contributed by atoms with Crippen molar-refractivity contribution < 1.29 is 105 Å². The zero-order valence-corrected chi connectivity index (χ0v) is 72.4. The number of hydrogen-bond donors (Lipinski definition) is 0. The summed E-state index contributed by atoms with van der Waals surface area (Å²) in [5, 5.41) is 0. The van der Waals surface area contributed by atoms with Gasteiger partial charge in [0.25, 0.3) is 0 Å². The van der Waals surface area contributed by atoms with Gasteiger partial charge in [-0.2, -0.15) is 0 Å². The van der Waals surface area contributed by atoms with E-state index in [1.807, 2.05) is 74.4 Å². The molecule has 4 saturated carbocycles. The Kier molecular flexibility index (Phi) is 29.0. The molecule has 4 aliphatic heterocycles. The molecule has 4 heterocycles. The molecule has 0 radical (unpaired) electrons. The van der Waals surface area contributed by atoms with Crippen LogP contribution in [0.3, 0.4) is 0 Å². The first-order chi connectivity index (χ1) is 58.7. The third-order valence-corrected chi connectivity index (χ3v) is 29.0. The summed E-state index contributed by atoms with van der Waals surface area (Å²) >= 11 is 0. The molecule has 16 unspecified atom stereocenters. The summed E-state index contributed by atoms with van der Waals surface area (Å²) in [6, 6.07) is 51.7. The Hall–Kier alpha value is -8.84. The highest BCUT2D eigenvalue weighted by molar-refractivity contribution is 5.94. The number of ether oxygens (including phenoxy) is 14. The van der Waals surface area contributed by atoms with Gasteiger partial charge >= 0.3 is 35.8 Å². The molecule has 0 amide bonds. The van der Waals surface area contributed by atoms with Crippen molar-refractivity contribution in [3.63, 3.8) is 0 Å². The molecule has 0 bridgehead atoms. The van der Waals surface area contributed by atoms with E-state index >= 15 is 0 Å². The van der Waals surface area contributed by atoms with Crippen molar-refractivity contribution in [3.05, 3.63) is 215 Å². The number of ketones is 2. The Labute approximate surface area is 717 Å². The predicted molar refractivity (Wildman–Crippen MR) is 450 cm³/mol. The van der Waals surface area contributed by atoms with Crippen molar-refractivity contribution in [2.24, 2.45) is 81.8 Å². The summed E-state index contributed by atoms with van der Waals surface area (Å²) in [6.45, 7) is 24.2. The van der Waals surface area contributed by atoms with Crippen LogP contribution < -0.4 is 0 Å². The minimum Gasteiger partial charge on any atom is -0.459 e. The van der Waals surface area contributed by atoms with Gasteiger partial charge in [0.05, 0.1) is 70.5 Å². The number of esters is 6. The fraction of sp³-hybridized carbons (Fsp3) is 0.560. The summed E-state index contributed by atoms with van der Waals surface area (Å²) < 4.78 is 94.7. The van der Waals surface area contributed by atoms with Crippen LogP contribution in [0, 0.1) is 81.8 Å². The monoisotopic (exact) mass is 1670 g/mol. The van der Waals surface area contributed by atoms with Crippen molar-refractivity contribution in [2.45, 2.75) is 259 Å². The van der Waals surface area contributed by atoms with Gasteiger partial charge in [0.2, 0.25) is 0 Å². The quantitative estimate of drug-likeness (QED) is 0.0240. The molecular weight excluding hydrogens is 1550 g/mol. The molecule has 8 fully saturated rings. The second-order valence-electron chi connectivity index (χ2n) is 36.4. The molecule has 122 heavy (non-hydrogen) atoms. The van der Waals surface area contributed by atoms with Crippen LogP contribution in [-0.4, -0.2) is 159 Å². The van der Waals surface area contributed by atoms with Crippen LogP contribution in [0.2, 0.25) is 0 Å². The predicted octanol–water partition coefficient (Wildman–Crippen LogP) is 17.5. The standard InChI is InChI=1S/C100H122O22/c1-13-78-58(4)59(5)85(118-92(106)68-39-27-18-28-40-68)97(114-78)122-86-63(9)82(121-98-88(120-94(108)70-43-31-20-32-44-70)83(60(6)64(10)111-98)116-90(104)66-35-23-16-24-36-66)80(56-109-89(103)65-33-21-15-22-34-65)115-96(86)112-72-49-51-99(11)71(53-72)46-47-73-74(99)50-52-100(12)75(73)54-77(102)81(100)61(7)76(101)48-45-57(3)55-110-95-87(119-93(107)69-41-29-19-30-42-69)84(62(8)79(14-2)113-95)117-91(105)67-37-25-17-26-38-67/h15-44,57-64,71-75,78-88,95-98H,13-14,45-56H2,1-12H3/t57-,58-,59-,60-,61+,62+,63-,64?,71?,72?,73?,74?,75?,78?,79?,80?,81?,82-,83-,84-,85?,86?,87?,88?,95+,96+,97-,98-,99?,100?/m0/s1. The van der Waals surface area contributed by atoms with Crippen molar-refractivity contribution >= 4 is 47.4 Å². The van der Waals surface area contributed by atoms with Gasteiger partial charge in [-0.1, -0.05) is 185 Å². The summed E-state index contributed by atoms with van der Waals surface area (Å²) in [5.74, 6) is -5.76. The van der Waals surface area contributed by atoms with E-state index < -0.39 is 146 Å². The third kappa shape index (κ3) is 19.5. The highest BCUT2D eigenvalue weighted by Gasteiger charge is 2.65. The fourth-order valence-electron chi connectivity index (χ4n) is 21.5. The zero-order chi connectivity index (χ0) is 86.3. The minimum atomic E-state index is -1.44. The van der Waals surface area contributed by atoms with Gasteiger partial charge in [-0.3, -0.25) is 9.59 Å². The summed E-state index contributed by atoms with van der Waals surface area (Å²) in [5.41, 5.74) is 1.34. The Morgan fingerprint density at radius 1 is 0.418 bits per heavy atom. The summed E-state index contributed by atoms with van der Waals surface area (Å²) in [7, 11) is 0. The van der Waals surface area contributed by atoms with E-state index in [1.165, 1.54) is 0 Å². The molecular formula is C100H122O22. The number of hydrogen-bond acceptors (Lipinski definition) is 22. The second kappa shape index (κ2) is 39.6. The number of rotatable bonds is 29. The Morgan fingerprint density at radius 3 is 1.36 bits per heavy atom. The van der Waals surface area contributed by atoms with Gasteiger partial charge < -0.3 is 66.3 Å². The van der Waals surface area contributed by atoms with Crippen molar-refractivity contribution in [3.8, 4) is 0 Å². The van der Waals surface area contributed by atoms with Crippen LogP contribution in [0.15, 0.2) is 182 Å². The van der Waals surface area contributed by atoms with Crippen LogP contribution in [0.25, 0.3) is 0 Å². The largest absolute Gasteiger partial charge is 0.459 e. The van der Waals surface area contributed by atoms with E-state index in [2.05, 4.69) is 20.8 Å². The average molecular weight is 1680 g/mol. The molecule has 0 N–H and O–H groups in total. The average Bonchev–Trinajstić information content (AvgIpc) is 1.49. The smallest absolute Gasteiger partial charge is 0.338 e. The molecule has 0 aromatic heterocycles. The second-order valence-corrected chi connectivity index (χ2v) is 36.4. The lowest BCUT2D eigenvalue weighted by Gasteiger charge is -2.61. The number of Topliss-reactive ketones (excluding diaryl/α,β-unsaturated/α-hetero) is 2. The number of fused-ring (bicyclic) bond motifs is 5. The van der Waals surface area contributed by atoms with Crippen LogP contribution in [0.4, 0.5) is 0 Å². The molecule has 30 atom stereocenters. The molecule has 6 aromatic carbocycles. The molecule has 0 spiro atoms. The highest BCUT2D eigenvalue weighted by Crippen LogP contribution is 2.68. The van der Waals surface area contributed by atoms with E-state index in [0.29, 0.717) is 66.7 Å². The maximum absolute atomic E-state index is 14.9. The van der Waals surface area contributed by atoms with Crippen LogP contribution in [-0.2, 0) is 75.9 Å². The first-order valence-corrected chi connectivity index (χ1v) is 44.5. The maximum Gasteiger partial charge on any atom is 0.338 e. The molecule has 654 valence electrons. The van der Waals surface area contributed by atoms with Gasteiger partial charge in [0.15, 0.2) is 43.5 Å². The van der Waals surface area contributed by atoms with Gasteiger partial charge in [0, 0.05) is 48.3 Å². The Bertz CT molecular complexity index is 4520. The molecule has 22 heteroatoms. The van der Waals surface area contributed by atoms with Gasteiger partial charge in [-0.25, -0.2) is 28.8 Å². The van der Waals surface area contributed by atoms with Crippen LogP contribution in [0.5, 0.6) is 0 Å². The first kappa shape index (κ1) is 89.4. The Morgan fingerprint density at radius 2 is 0.844 bits per heavy atom. The van der Waals surface area contributed by atoms with E-state index in [1.54, 1.807) is 170 Å². The van der Waals surface area contributed by atoms with Crippen molar-refractivity contribution in [1.29, 1.82) is 0 Å². The van der Waals surface area contributed by atoms with Gasteiger partial charge in [0.1, 0.15) is 42.6 Å². The fourth-order valence-corrected chi connectivity index (χ4v) is 21.5. The maximum atomic E-state index is 14.9. The SMILES string of the molecule is CCC1O[C@@H](OC2[C@H](OC3CCC4(C)C(CCC5C4CCC4(C)C5CC(=O)C4[C@H](C)C(=O)CC[C@H](C)CO[C@@H]4OC(CC)[C@@H](C)[C@H](OC(=O)c5ccccc5)C4OC(=O)c4ccccc4)C3)OC(COC(=O)c3ccccc3)[C@@H](O[C@@H]3OC(C)[C@H](C)[C@H](OC(=O)c4ccccc4)C3OC(=O)c3ccccc3)[C@@H]2C)C(OC(=O)c2ccccc2)[C@@H](C)[C@@H]1C. The van der Waals surface area contributed by atoms with E-state index in [4.69, 9.17) is 66.3 Å². The normalized spacial score (nSPS) is 35.4. The van der Waals surface area contributed by atoms with Crippen molar-refractivity contribution in [2.75, 3.05) is 13.2 Å². The lowest BCUT2D eigenvalue weighted by Crippen LogP contribution is -2.64. The molecule has 14 rings (SSSR count). The molecule has 8 aliphatic rings. The molecule has 6 aromatic rings. The summed E-state index contributed by atoms with van der Waals surface area (Å²) in [4.78, 5) is 114. The zero-order valence-electron chi connectivity index (χ0n) is 72.4. The van der Waals surface area contributed by atoms with Gasteiger partial charge in [-0.05, 0) is 190 Å². The topological polar surface area (TPSA) is 266 Å². The molecule has 4 aliphatic carbocycles. The van der Waals surface area contributed by atoms with E-state index in [-0.39, 0.29) is 107 Å².